The zero-order valence-electron chi connectivity index (χ0n) is 16.4. The number of benzene rings is 1. The highest BCUT2D eigenvalue weighted by molar-refractivity contribution is 5.95. The summed E-state index contributed by atoms with van der Waals surface area (Å²) in [6.45, 7) is 2.04. The van der Waals surface area contributed by atoms with E-state index in [1.807, 2.05) is 0 Å². The van der Waals surface area contributed by atoms with Gasteiger partial charge in [0.15, 0.2) is 17.5 Å². The molecule has 1 aromatic carbocycles. The van der Waals surface area contributed by atoms with E-state index in [2.05, 4.69) is 10.3 Å². The molecule has 2 atom stereocenters. The highest BCUT2D eigenvalue weighted by Gasteiger charge is 2.42. The molecule has 0 aliphatic heterocycles. The van der Waals surface area contributed by atoms with E-state index in [1.165, 1.54) is 35.7 Å². The van der Waals surface area contributed by atoms with Gasteiger partial charge in [0.1, 0.15) is 23.9 Å². The highest BCUT2D eigenvalue weighted by atomic mass is 19.4. The molecule has 2 heterocycles. The summed E-state index contributed by atoms with van der Waals surface area (Å²) in [7, 11) is 0. The van der Waals surface area contributed by atoms with Gasteiger partial charge in [0, 0.05) is 6.20 Å². The first-order chi connectivity index (χ1) is 14.5. The lowest BCUT2D eigenvalue weighted by Gasteiger charge is -2.22. The maximum absolute atomic E-state index is 13.8. The van der Waals surface area contributed by atoms with Gasteiger partial charge in [-0.3, -0.25) is 9.20 Å². The first-order valence-corrected chi connectivity index (χ1v) is 9.09. The van der Waals surface area contributed by atoms with Crippen molar-refractivity contribution in [2.45, 2.75) is 38.8 Å². The number of aliphatic hydroxyl groups is 1. The molecule has 3 rings (SSSR count). The number of rotatable bonds is 6. The van der Waals surface area contributed by atoms with E-state index in [1.54, 1.807) is 0 Å². The van der Waals surface area contributed by atoms with Crippen LogP contribution in [0.2, 0.25) is 0 Å². The standard InChI is InChI=1S/C20H18F5N3O3/c1-10-16(19(30)27-11(2)17(29)20(23,24)25)28-8-4-7-15(18(28)26-10)31-9-12-13(21)5-3-6-14(12)22/h3-8,11,17,29H,9H2,1-2H3,(H,27,30). The lowest BCUT2D eigenvalue weighted by atomic mass is 10.1. The summed E-state index contributed by atoms with van der Waals surface area (Å²) in [4.78, 5) is 16.8. The van der Waals surface area contributed by atoms with Crippen LogP contribution in [0, 0.1) is 18.6 Å². The maximum Gasteiger partial charge on any atom is 0.416 e. The third-order valence-electron chi connectivity index (χ3n) is 4.61. The molecule has 31 heavy (non-hydrogen) atoms. The number of nitrogens with zero attached hydrogens (tertiary/aromatic N) is 2. The molecular weight excluding hydrogens is 425 g/mol. The van der Waals surface area contributed by atoms with Gasteiger partial charge in [0.25, 0.3) is 5.91 Å². The third kappa shape index (κ3) is 4.61. The van der Waals surface area contributed by atoms with Gasteiger partial charge >= 0.3 is 6.18 Å². The molecule has 0 bridgehead atoms. The summed E-state index contributed by atoms with van der Waals surface area (Å²) in [5.41, 5.74) is -0.0512. The predicted octanol–water partition coefficient (Wildman–Crippen LogP) is 3.54. The lowest BCUT2D eigenvalue weighted by molar-refractivity contribution is -0.209. The first kappa shape index (κ1) is 22.5. The van der Waals surface area contributed by atoms with E-state index in [0.717, 1.165) is 19.1 Å². The molecule has 166 valence electrons. The van der Waals surface area contributed by atoms with Crippen LogP contribution in [0.4, 0.5) is 22.0 Å². The Hall–Kier alpha value is -3.21. The second kappa shape index (κ2) is 8.50. The number of carbonyl (C=O) groups is 1. The van der Waals surface area contributed by atoms with E-state index in [-0.39, 0.29) is 28.3 Å². The molecule has 3 aromatic rings. The quantitative estimate of drug-likeness (QED) is 0.572. The molecule has 0 radical (unpaired) electrons. The summed E-state index contributed by atoms with van der Waals surface area (Å²) in [5, 5.41) is 11.4. The fourth-order valence-electron chi connectivity index (χ4n) is 3.00. The summed E-state index contributed by atoms with van der Waals surface area (Å²) in [6, 6.07) is 4.72. The maximum atomic E-state index is 13.8. The van der Waals surface area contributed by atoms with E-state index in [4.69, 9.17) is 4.74 Å². The molecule has 0 fully saturated rings. The fraction of sp³-hybridized carbons (Fsp3) is 0.300. The number of aromatic nitrogens is 2. The van der Waals surface area contributed by atoms with E-state index < -0.39 is 42.5 Å². The minimum absolute atomic E-state index is 0.0706. The number of alkyl halides is 3. The normalized spacial score (nSPS) is 13.8. The number of pyridine rings is 1. The molecule has 2 N–H and O–H groups in total. The van der Waals surface area contributed by atoms with Crippen LogP contribution in [-0.4, -0.2) is 38.7 Å². The van der Waals surface area contributed by atoms with E-state index in [9.17, 15) is 31.9 Å². The number of fused-ring (bicyclic) bond motifs is 1. The number of ether oxygens (including phenoxy) is 1. The van der Waals surface area contributed by atoms with Gasteiger partial charge in [-0.2, -0.15) is 13.2 Å². The van der Waals surface area contributed by atoms with Crippen LogP contribution in [0.5, 0.6) is 5.75 Å². The highest BCUT2D eigenvalue weighted by Crippen LogP contribution is 2.25. The van der Waals surface area contributed by atoms with Crippen molar-refractivity contribution < 1.29 is 36.6 Å². The molecule has 6 nitrogen and oxygen atoms in total. The lowest BCUT2D eigenvalue weighted by Crippen LogP contribution is -2.48. The van der Waals surface area contributed by atoms with Crippen LogP contribution < -0.4 is 10.1 Å². The van der Waals surface area contributed by atoms with Crippen LogP contribution in [-0.2, 0) is 6.61 Å². The number of aliphatic hydroxyl groups excluding tert-OH is 1. The van der Waals surface area contributed by atoms with Gasteiger partial charge in [0.2, 0.25) is 0 Å². The van der Waals surface area contributed by atoms with Crippen LogP contribution in [0.25, 0.3) is 5.65 Å². The average Bonchev–Trinajstić information content (AvgIpc) is 3.02. The molecule has 2 unspecified atom stereocenters. The number of amides is 1. The Morgan fingerprint density at radius 2 is 1.87 bits per heavy atom. The van der Waals surface area contributed by atoms with Crippen molar-refractivity contribution in [2.75, 3.05) is 0 Å². The predicted molar refractivity (Wildman–Crippen MR) is 99.6 cm³/mol. The van der Waals surface area contributed by atoms with Gasteiger partial charge in [-0.05, 0) is 38.1 Å². The minimum Gasteiger partial charge on any atom is -0.485 e. The Bertz CT molecular complexity index is 1090. The Balaban J connectivity index is 1.87. The van der Waals surface area contributed by atoms with Crippen molar-refractivity contribution in [1.29, 1.82) is 0 Å². The van der Waals surface area contributed by atoms with Crippen molar-refractivity contribution in [3.05, 3.63) is 65.1 Å². The molecule has 0 saturated heterocycles. The number of aryl methyl sites for hydroxylation is 1. The van der Waals surface area contributed by atoms with Gasteiger partial charge < -0.3 is 15.2 Å². The van der Waals surface area contributed by atoms with Gasteiger partial charge in [-0.1, -0.05) is 6.07 Å². The average molecular weight is 443 g/mol. The van der Waals surface area contributed by atoms with Crippen LogP contribution in [0.3, 0.4) is 0 Å². The molecule has 0 spiro atoms. The SMILES string of the molecule is Cc1nc2c(OCc3c(F)cccc3F)cccn2c1C(=O)NC(C)C(O)C(F)(F)F. The van der Waals surface area contributed by atoms with Gasteiger partial charge in [-0.15, -0.1) is 0 Å². The topological polar surface area (TPSA) is 75.9 Å². The molecule has 0 aliphatic rings. The molecule has 0 saturated carbocycles. The minimum atomic E-state index is -4.90. The molecule has 1 amide bonds. The molecule has 2 aromatic heterocycles. The number of halogens is 5. The van der Waals surface area contributed by atoms with Crippen molar-refractivity contribution in [1.82, 2.24) is 14.7 Å². The van der Waals surface area contributed by atoms with Crippen LogP contribution in [0.1, 0.15) is 28.7 Å². The second-order valence-electron chi connectivity index (χ2n) is 6.85. The summed E-state index contributed by atoms with van der Waals surface area (Å²) in [5.74, 6) is -2.36. The van der Waals surface area contributed by atoms with Crippen molar-refractivity contribution in [3.8, 4) is 5.75 Å². The van der Waals surface area contributed by atoms with E-state index >= 15 is 0 Å². The smallest absolute Gasteiger partial charge is 0.416 e. The fourth-order valence-corrected chi connectivity index (χ4v) is 3.00. The van der Waals surface area contributed by atoms with Crippen LogP contribution >= 0.6 is 0 Å². The summed E-state index contributed by atoms with van der Waals surface area (Å²) in [6.07, 6.45) is -6.21. The van der Waals surface area contributed by atoms with Crippen molar-refractivity contribution in [3.63, 3.8) is 0 Å². The Labute approximate surface area is 173 Å². The van der Waals surface area contributed by atoms with Crippen molar-refractivity contribution >= 4 is 11.6 Å². The summed E-state index contributed by atoms with van der Waals surface area (Å²) < 4.78 is 72.4. The monoisotopic (exact) mass is 443 g/mol. The molecule has 11 heteroatoms. The second-order valence-corrected chi connectivity index (χ2v) is 6.85. The van der Waals surface area contributed by atoms with Crippen LogP contribution in [0.15, 0.2) is 36.5 Å². The number of hydrogen-bond donors (Lipinski definition) is 2. The number of hydrogen-bond acceptors (Lipinski definition) is 4. The number of nitrogens with one attached hydrogen (secondary N) is 1. The number of imidazole rings is 1. The Kier molecular flexibility index (Phi) is 6.16. The van der Waals surface area contributed by atoms with Crippen molar-refractivity contribution in [2.24, 2.45) is 0 Å². The Morgan fingerprint density at radius 1 is 1.23 bits per heavy atom. The van der Waals surface area contributed by atoms with Gasteiger partial charge in [0.05, 0.1) is 17.3 Å². The third-order valence-corrected chi connectivity index (χ3v) is 4.61. The molecule has 0 aliphatic carbocycles. The number of carbonyl (C=O) groups excluding carboxylic acids is 1. The zero-order chi connectivity index (χ0) is 22.9. The summed E-state index contributed by atoms with van der Waals surface area (Å²) >= 11 is 0. The first-order valence-electron chi connectivity index (χ1n) is 9.09. The Morgan fingerprint density at radius 3 is 2.48 bits per heavy atom. The van der Waals surface area contributed by atoms with E-state index in [0.29, 0.717) is 0 Å². The molecular formula is C20H18F5N3O3. The van der Waals surface area contributed by atoms with Gasteiger partial charge in [-0.25, -0.2) is 13.8 Å². The zero-order valence-corrected chi connectivity index (χ0v) is 16.4. The largest absolute Gasteiger partial charge is 0.485 e.